The fourth-order valence-corrected chi connectivity index (χ4v) is 2.15. The van der Waals surface area contributed by atoms with Crippen LogP contribution in [0.2, 0.25) is 0 Å². The summed E-state index contributed by atoms with van der Waals surface area (Å²) in [6.45, 7) is 6.61. The van der Waals surface area contributed by atoms with Gasteiger partial charge in [0.2, 0.25) is 0 Å². The molecule has 2 unspecified atom stereocenters. The van der Waals surface area contributed by atoms with E-state index in [4.69, 9.17) is 19.6 Å². The minimum Gasteiger partial charge on any atom is -0.311 e. The Morgan fingerprint density at radius 3 is 1.35 bits per heavy atom. The van der Waals surface area contributed by atoms with Gasteiger partial charge in [-0.3, -0.25) is 0 Å². The largest absolute Gasteiger partial charge is 0.478 e. The van der Waals surface area contributed by atoms with Crippen molar-refractivity contribution in [3.05, 3.63) is 0 Å². The third-order valence-corrected chi connectivity index (χ3v) is 3.46. The van der Waals surface area contributed by atoms with E-state index in [1.165, 1.54) is 0 Å². The van der Waals surface area contributed by atoms with Crippen LogP contribution in [0.4, 0.5) is 0 Å². The topological polar surface area (TPSA) is 148 Å². The number of hydrogen-bond donors (Lipinski definition) is 6. The minimum absolute atomic E-state index is 0.659. The lowest BCUT2D eigenvalue weighted by Crippen LogP contribution is -2.51. The molecule has 0 radical (unpaired) electrons. The van der Waals surface area contributed by atoms with Crippen LogP contribution in [0.3, 0.4) is 0 Å². The van der Waals surface area contributed by atoms with Crippen LogP contribution in [0.5, 0.6) is 0 Å². The lowest BCUT2D eigenvalue weighted by Gasteiger charge is -2.26. The van der Waals surface area contributed by atoms with Gasteiger partial charge in [0.15, 0.2) is 0 Å². The summed E-state index contributed by atoms with van der Waals surface area (Å²) in [5, 5.41) is 6.74. The molecule has 0 amide bonds. The van der Waals surface area contributed by atoms with Gasteiger partial charge in [0.05, 0.1) is 0 Å². The van der Waals surface area contributed by atoms with Crippen LogP contribution in [-0.2, 0) is 13.4 Å². The molecule has 0 saturated carbocycles. The third kappa shape index (κ3) is 12.4. The van der Waals surface area contributed by atoms with E-state index in [1.807, 2.05) is 0 Å². The van der Waals surface area contributed by atoms with Crippen LogP contribution < -0.4 is 10.6 Å². The maximum atomic E-state index is 9.63. The Morgan fingerprint density at radius 2 is 1.24 bits per heavy atom. The second-order valence-electron chi connectivity index (χ2n) is 3.68. The van der Waals surface area contributed by atoms with Gasteiger partial charge in [0.1, 0.15) is 0 Å². The predicted molar refractivity (Wildman–Crippen MR) is 60.1 cm³/mol. The molecule has 1 heterocycles. The van der Waals surface area contributed by atoms with Crippen molar-refractivity contribution in [1.82, 2.24) is 10.6 Å². The van der Waals surface area contributed by atoms with Gasteiger partial charge in [0.25, 0.3) is 0 Å². The first-order valence-electron chi connectivity index (χ1n) is 4.79. The van der Waals surface area contributed by atoms with E-state index >= 15 is 0 Å². The summed E-state index contributed by atoms with van der Waals surface area (Å²) in [5.41, 5.74) is 0. The summed E-state index contributed by atoms with van der Waals surface area (Å²) >= 11 is 0. The molecule has 9 nitrogen and oxygen atoms in total. The van der Waals surface area contributed by atoms with Crippen LogP contribution in [0.15, 0.2) is 0 Å². The lowest BCUT2D eigenvalue weighted by atomic mass is 10.2. The van der Waals surface area contributed by atoms with E-state index < -0.39 is 15.6 Å². The van der Waals surface area contributed by atoms with Crippen molar-refractivity contribution in [3.63, 3.8) is 0 Å². The molecule has 0 aliphatic carbocycles. The Bertz CT molecular complexity index is 275. The fourth-order valence-electron chi connectivity index (χ4n) is 1.04. The van der Waals surface area contributed by atoms with Gasteiger partial charge in [-0.25, -0.2) is 9.13 Å². The highest BCUT2D eigenvalue weighted by atomic mass is 31.3. The molecule has 0 aromatic heterocycles. The molecule has 1 fully saturated rings. The molecule has 0 spiro atoms. The van der Waals surface area contributed by atoms with Gasteiger partial charge < -0.3 is 30.2 Å². The molecule has 1 aliphatic rings. The highest BCUT2D eigenvalue weighted by Crippen LogP contribution is 2.53. The number of piperazine rings is 1. The van der Waals surface area contributed by atoms with Crippen LogP contribution in [-0.4, -0.2) is 44.7 Å². The first-order chi connectivity index (χ1) is 7.49. The smallest absolute Gasteiger partial charge is 0.311 e. The summed E-state index contributed by atoms with van der Waals surface area (Å²) in [7, 11) is -10.1. The quantitative estimate of drug-likeness (QED) is 0.358. The van der Waals surface area contributed by atoms with Crippen molar-refractivity contribution < 1.29 is 33.0 Å². The van der Waals surface area contributed by atoms with Gasteiger partial charge in [-0.1, -0.05) is 0 Å². The van der Waals surface area contributed by atoms with Crippen molar-refractivity contribution in [2.75, 3.05) is 13.1 Å². The maximum Gasteiger partial charge on any atom is 0.478 e. The van der Waals surface area contributed by atoms with E-state index in [0.717, 1.165) is 13.1 Å². The van der Waals surface area contributed by atoms with Crippen LogP contribution in [0.1, 0.15) is 13.8 Å². The van der Waals surface area contributed by atoms with Crippen LogP contribution in [0.25, 0.3) is 0 Å². The number of rotatable bonds is 2. The van der Waals surface area contributed by atoms with E-state index in [2.05, 4.69) is 28.8 Å². The predicted octanol–water partition coefficient (Wildman–Crippen LogP) is -0.855. The average molecular weight is 292 g/mol. The minimum atomic E-state index is -5.05. The van der Waals surface area contributed by atoms with E-state index in [9.17, 15) is 9.13 Å². The summed E-state index contributed by atoms with van der Waals surface area (Å²) in [6, 6.07) is 1.32. The SMILES string of the molecule is CC1CNC(C)CN1.O=P(O)(O)OP(=O)(O)O. The first-order valence-corrected chi connectivity index (χ1v) is 7.85. The number of nitrogens with one attached hydrogen (secondary N) is 2. The second kappa shape index (κ2) is 6.94. The Labute approximate surface area is 99.1 Å². The van der Waals surface area contributed by atoms with Crippen molar-refractivity contribution in [2.45, 2.75) is 25.9 Å². The van der Waals surface area contributed by atoms with E-state index in [0.29, 0.717) is 12.1 Å². The molecule has 17 heavy (non-hydrogen) atoms. The standard InChI is InChI=1S/C6H14N2.H4O7P2/c1-5-3-8-6(2)4-7-5;1-8(2,3)7-9(4,5)6/h5-8H,3-4H2,1-2H3;(H2,1,2,3)(H2,4,5,6). The molecule has 0 bridgehead atoms. The zero-order valence-corrected chi connectivity index (χ0v) is 11.3. The van der Waals surface area contributed by atoms with Gasteiger partial charge in [-0.15, -0.1) is 0 Å². The summed E-state index contributed by atoms with van der Waals surface area (Å²) in [5.74, 6) is 0. The summed E-state index contributed by atoms with van der Waals surface area (Å²) < 4.78 is 22.2. The molecule has 0 aromatic rings. The third-order valence-electron chi connectivity index (χ3n) is 1.76. The van der Waals surface area contributed by atoms with Crippen LogP contribution in [0, 0.1) is 0 Å². The molecule has 11 heteroatoms. The molecule has 1 rings (SSSR count). The van der Waals surface area contributed by atoms with Gasteiger partial charge >= 0.3 is 15.6 Å². The molecule has 2 atom stereocenters. The Kier molecular flexibility index (Phi) is 7.01. The molecule has 1 aliphatic heterocycles. The summed E-state index contributed by atoms with van der Waals surface area (Å²) in [4.78, 5) is 31.0. The second-order valence-corrected chi connectivity index (χ2v) is 6.30. The van der Waals surface area contributed by atoms with E-state index in [-0.39, 0.29) is 0 Å². The zero-order valence-electron chi connectivity index (χ0n) is 9.48. The monoisotopic (exact) mass is 292 g/mol. The van der Waals surface area contributed by atoms with Crippen molar-refractivity contribution >= 4 is 15.6 Å². The van der Waals surface area contributed by atoms with Crippen molar-refractivity contribution in [3.8, 4) is 0 Å². The molecular weight excluding hydrogens is 274 g/mol. The fraction of sp³-hybridized carbons (Fsp3) is 1.00. The van der Waals surface area contributed by atoms with Crippen molar-refractivity contribution in [2.24, 2.45) is 0 Å². The van der Waals surface area contributed by atoms with E-state index in [1.54, 1.807) is 0 Å². The lowest BCUT2D eigenvalue weighted by molar-refractivity contribution is 0.225. The Hall–Kier alpha value is 0.180. The highest BCUT2D eigenvalue weighted by molar-refractivity contribution is 7.60. The average Bonchev–Trinajstić information content (AvgIpc) is 2.04. The molecular formula is C6H18N2O7P2. The van der Waals surface area contributed by atoms with Gasteiger partial charge in [-0.05, 0) is 13.8 Å². The number of hydrogen-bond acceptors (Lipinski definition) is 5. The van der Waals surface area contributed by atoms with Crippen LogP contribution >= 0.6 is 15.6 Å². The Balaban J connectivity index is 0.000000302. The zero-order chi connectivity index (χ0) is 13.7. The summed E-state index contributed by atoms with van der Waals surface area (Å²) in [6.07, 6.45) is 0. The first kappa shape index (κ1) is 17.2. The molecule has 104 valence electrons. The normalized spacial score (nSPS) is 26.0. The van der Waals surface area contributed by atoms with Gasteiger partial charge in [0, 0.05) is 25.2 Å². The molecule has 1 saturated heterocycles. The Morgan fingerprint density at radius 1 is 0.941 bits per heavy atom. The van der Waals surface area contributed by atoms with Gasteiger partial charge in [-0.2, -0.15) is 4.31 Å². The molecule has 0 aromatic carbocycles. The highest BCUT2D eigenvalue weighted by Gasteiger charge is 2.27. The molecule has 6 N–H and O–H groups in total. The maximum absolute atomic E-state index is 9.63. The van der Waals surface area contributed by atoms with Crippen molar-refractivity contribution in [1.29, 1.82) is 0 Å². The number of phosphoric acid groups is 2.